The van der Waals surface area contributed by atoms with Crippen LogP contribution in [0.25, 0.3) is 0 Å². The van der Waals surface area contributed by atoms with Crippen molar-refractivity contribution in [2.75, 3.05) is 13.2 Å². The van der Waals surface area contributed by atoms with Crippen molar-refractivity contribution in [2.24, 2.45) is 0 Å². The molecule has 0 aromatic heterocycles. The van der Waals surface area contributed by atoms with Crippen LogP contribution in [-0.4, -0.2) is 30.8 Å². The molecular weight excluding hydrogens is 345 g/mol. The number of nitrogens with one attached hydrogen (secondary N) is 1. The Bertz CT molecular complexity index is 733. The molecule has 5 heteroatoms. The van der Waals surface area contributed by atoms with Crippen molar-refractivity contribution in [3.8, 4) is 0 Å². The van der Waals surface area contributed by atoms with Crippen LogP contribution in [-0.2, 0) is 14.0 Å². The van der Waals surface area contributed by atoms with E-state index >= 15 is 0 Å². The first-order valence-corrected chi connectivity index (χ1v) is 11.1. The van der Waals surface area contributed by atoms with E-state index in [4.69, 9.17) is 9.47 Å². The van der Waals surface area contributed by atoms with E-state index in [1.807, 2.05) is 60.7 Å². The van der Waals surface area contributed by atoms with Gasteiger partial charge in [-0.25, -0.2) is 0 Å². The summed E-state index contributed by atoms with van der Waals surface area (Å²) in [4.78, 5) is 0. The Labute approximate surface area is 155 Å². The normalized spacial score (nSPS) is 26.6. The van der Waals surface area contributed by atoms with Gasteiger partial charge < -0.3 is 14.0 Å². The Kier molecular flexibility index (Phi) is 5.02. The summed E-state index contributed by atoms with van der Waals surface area (Å²) in [6.07, 6.45) is 2.28. The van der Waals surface area contributed by atoms with Gasteiger partial charge in [0.15, 0.2) is 13.4 Å². The molecule has 1 N–H and O–H groups in total. The molecule has 0 saturated carbocycles. The molecule has 2 aromatic carbocycles. The molecule has 0 unspecified atom stereocenters. The molecular formula is C21H26NO3P. The minimum atomic E-state index is -2.86. The van der Waals surface area contributed by atoms with Gasteiger partial charge in [0.25, 0.3) is 0 Å². The molecule has 2 aromatic rings. The predicted molar refractivity (Wildman–Crippen MR) is 105 cm³/mol. The second-order valence-corrected chi connectivity index (χ2v) is 10.2. The Morgan fingerprint density at radius 3 is 1.96 bits per heavy atom. The molecule has 4 nitrogen and oxygen atoms in total. The monoisotopic (exact) mass is 371 g/mol. The average molecular weight is 371 g/mol. The van der Waals surface area contributed by atoms with E-state index in [1.54, 1.807) is 0 Å². The fraction of sp³-hybridized carbons (Fsp3) is 0.429. The van der Waals surface area contributed by atoms with Gasteiger partial charge in [0.2, 0.25) is 0 Å². The van der Waals surface area contributed by atoms with Crippen molar-refractivity contribution in [1.82, 2.24) is 5.32 Å². The summed E-state index contributed by atoms with van der Waals surface area (Å²) in [5.74, 6) is 0. The fourth-order valence-corrected chi connectivity index (χ4v) is 7.84. The molecule has 2 fully saturated rings. The molecule has 2 aliphatic heterocycles. The molecule has 138 valence electrons. The van der Waals surface area contributed by atoms with E-state index in [0.717, 1.165) is 43.1 Å². The molecule has 0 spiro atoms. The smallest absolute Gasteiger partial charge is 0.163 e. The highest BCUT2D eigenvalue weighted by atomic mass is 31.2. The lowest BCUT2D eigenvalue weighted by Crippen LogP contribution is -2.34. The highest BCUT2D eigenvalue weighted by molar-refractivity contribution is 7.80. The summed E-state index contributed by atoms with van der Waals surface area (Å²) in [6.45, 7) is 3.62. The zero-order chi connectivity index (χ0) is 18.0. The number of rotatable bonds is 6. The number of hydrogen-bond donors (Lipinski definition) is 1. The van der Waals surface area contributed by atoms with Crippen molar-refractivity contribution < 1.29 is 14.0 Å². The minimum absolute atomic E-state index is 0.185. The summed E-state index contributed by atoms with van der Waals surface area (Å²) >= 11 is 0. The maximum absolute atomic E-state index is 14.6. The van der Waals surface area contributed by atoms with Crippen LogP contribution < -0.4 is 15.9 Å². The van der Waals surface area contributed by atoms with E-state index in [2.05, 4.69) is 12.2 Å². The van der Waals surface area contributed by atoms with Crippen LogP contribution in [0.5, 0.6) is 0 Å². The zero-order valence-electron chi connectivity index (χ0n) is 15.1. The summed E-state index contributed by atoms with van der Waals surface area (Å²) in [5.41, 5.74) is 0. The molecule has 0 amide bonds. The summed E-state index contributed by atoms with van der Waals surface area (Å²) < 4.78 is 26.1. The maximum atomic E-state index is 14.6. The van der Waals surface area contributed by atoms with E-state index < -0.39 is 12.4 Å². The minimum Gasteiger partial charge on any atom is -0.353 e. The van der Waals surface area contributed by atoms with Gasteiger partial charge in [0.1, 0.15) is 0 Å². The van der Waals surface area contributed by atoms with Gasteiger partial charge in [-0.1, -0.05) is 60.7 Å². The topological polar surface area (TPSA) is 57.5 Å². The van der Waals surface area contributed by atoms with Crippen LogP contribution >= 0.6 is 7.14 Å². The first-order valence-electron chi connectivity index (χ1n) is 9.39. The van der Waals surface area contributed by atoms with Gasteiger partial charge in [-0.15, -0.1) is 0 Å². The highest BCUT2D eigenvalue weighted by Crippen LogP contribution is 2.64. The molecule has 2 aliphatic rings. The Hall–Kier alpha value is -1.45. The van der Waals surface area contributed by atoms with Gasteiger partial charge in [-0.05, 0) is 19.8 Å². The largest absolute Gasteiger partial charge is 0.353 e. The van der Waals surface area contributed by atoms with Crippen LogP contribution in [0.1, 0.15) is 26.2 Å². The lowest BCUT2D eigenvalue weighted by molar-refractivity contribution is -0.181. The second kappa shape index (κ2) is 7.28. The number of ether oxygens (including phenoxy) is 2. The molecule has 0 radical (unpaired) electrons. The van der Waals surface area contributed by atoms with Gasteiger partial charge in [0.05, 0.1) is 18.5 Å². The molecule has 26 heavy (non-hydrogen) atoms. The van der Waals surface area contributed by atoms with Crippen LogP contribution in [0.15, 0.2) is 60.7 Å². The first kappa shape index (κ1) is 17.9. The maximum Gasteiger partial charge on any atom is 0.163 e. The van der Waals surface area contributed by atoms with Crippen molar-refractivity contribution in [3.63, 3.8) is 0 Å². The quantitative estimate of drug-likeness (QED) is 0.626. The van der Waals surface area contributed by atoms with E-state index in [9.17, 15) is 4.57 Å². The predicted octanol–water partition coefficient (Wildman–Crippen LogP) is 3.23. The Morgan fingerprint density at radius 2 is 1.50 bits per heavy atom. The third-order valence-electron chi connectivity index (χ3n) is 5.56. The Morgan fingerprint density at radius 1 is 1.00 bits per heavy atom. The first-order chi connectivity index (χ1) is 12.7. The van der Waals surface area contributed by atoms with Crippen molar-refractivity contribution in [3.05, 3.63) is 60.7 Å². The molecule has 2 heterocycles. The van der Waals surface area contributed by atoms with Gasteiger partial charge >= 0.3 is 0 Å². The highest BCUT2D eigenvalue weighted by Gasteiger charge is 2.63. The molecule has 2 atom stereocenters. The van der Waals surface area contributed by atoms with Crippen molar-refractivity contribution >= 4 is 17.8 Å². The molecule has 4 rings (SSSR count). The fourth-order valence-electron chi connectivity index (χ4n) is 4.07. The third-order valence-corrected chi connectivity index (χ3v) is 9.47. The Balaban J connectivity index is 1.69. The summed E-state index contributed by atoms with van der Waals surface area (Å²) in [6, 6.07) is 20.0. The number of benzene rings is 2. The van der Waals surface area contributed by atoms with Gasteiger partial charge in [-0.2, -0.15) is 0 Å². The standard InChI is InChI=1S/C21H26NO3P/c1-17-21(22-17,14-13-20-24-15-8-16-25-20)26(23,18-9-4-2-5-10-18)19-11-6-3-7-12-19/h2-7,9-12,17,20,22H,8,13-16H2,1H3/t17-,21+/m1/s1. The van der Waals surface area contributed by atoms with Gasteiger partial charge in [0, 0.05) is 23.1 Å². The molecule has 2 saturated heterocycles. The van der Waals surface area contributed by atoms with Crippen LogP contribution in [0.3, 0.4) is 0 Å². The van der Waals surface area contributed by atoms with Crippen molar-refractivity contribution in [2.45, 2.75) is 43.8 Å². The van der Waals surface area contributed by atoms with Crippen molar-refractivity contribution in [1.29, 1.82) is 0 Å². The molecule has 0 bridgehead atoms. The second-order valence-electron chi connectivity index (χ2n) is 7.13. The SMILES string of the molecule is C[C@H]1N[C@@]1(CCC1OCCCO1)P(=O)(c1ccccc1)c1ccccc1. The van der Waals surface area contributed by atoms with Crippen LogP contribution in [0.2, 0.25) is 0 Å². The zero-order valence-corrected chi connectivity index (χ0v) is 16.0. The van der Waals surface area contributed by atoms with E-state index in [-0.39, 0.29) is 12.3 Å². The van der Waals surface area contributed by atoms with Crippen LogP contribution in [0, 0.1) is 0 Å². The molecule has 0 aliphatic carbocycles. The lowest BCUT2D eigenvalue weighted by Gasteiger charge is -2.30. The summed E-state index contributed by atoms with van der Waals surface area (Å²) in [5, 5.41) is 4.94. The third kappa shape index (κ3) is 3.05. The van der Waals surface area contributed by atoms with E-state index in [1.165, 1.54) is 0 Å². The van der Waals surface area contributed by atoms with E-state index in [0.29, 0.717) is 0 Å². The van der Waals surface area contributed by atoms with Gasteiger partial charge in [-0.3, -0.25) is 5.32 Å². The van der Waals surface area contributed by atoms with Crippen LogP contribution in [0.4, 0.5) is 0 Å². The average Bonchev–Trinajstić information content (AvgIpc) is 3.39. The number of hydrogen-bond acceptors (Lipinski definition) is 4. The summed E-state index contributed by atoms with van der Waals surface area (Å²) in [7, 11) is -2.86. The lowest BCUT2D eigenvalue weighted by atomic mass is 10.2.